The summed E-state index contributed by atoms with van der Waals surface area (Å²) in [5, 5.41) is 9.67. The van der Waals surface area contributed by atoms with Gasteiger partial charge in [0.1, 0.15) is 5.75 Å². The standard InChI is InChI=1S/C13H15Cl2NO2/c1-8-7-16(5-4-10(8)14)13(18)9-2-3-12(17)11(15)6-9/h2-3,6,8,10,17H,4-5,7H2,1H3. The molecule has 1 aliphatic heterocycles. The summed E-state index contributed by atoms with van der Waals surface area (Å²) in [6, 6.07) is 4.52. The van der Waals surface area contributed by atoms with Gasteiger partial charge in [0.05, 0.1) is 5.02 Å². The first-order valence-electron chi connectivity index (χ1n) is 5.91. The van der Waals surface area contributed by atoms with Crippen molar-refractivity contribution in [3.8, 4) is 5.75 Å². The van der Waals surface area contributed by atoms with Gasteiger partial charge < -0.3 is 10.0 Å². The molecule has 98 valence electrons. The average Bonchev–Trinajstić information content (AvgIpc) is 2.35. The predicted molar refractivity (Wildman–Crippen MR) is 72.4 cm³/mol. The van der Waals surface area contributed by atoms with Crippen LogP contribution in [0.1, 0.15) is 23.7 Å². The van der Waals surface area contributed by atoms with E-state index in [1.807, 2.05) is 6.92 Å². The maximum Gasteiger partial charge on any atom is 0.253 e. The van der Waals surface area contributed by atoms with Gasteiger partial charge in [-0.3, -0.25) is 4.79 Å². The summed E-state index contributed by atoms with van der Waals surface area (Å²) in [5.74, 6) is 0.213. The van der Waals surface area contributed by atoms with Gasteiger partial charge in [-0.15, -0.1) is 11.6 Å². The fraction of sp³-hybridized carbons (Fsp3) is 0.462. The van der Waals surface area contributed by atoms with Crippen LogP contribution >= 0.6 is 23.2 Å². The lowest BCUT2D eigenvalue weighted by Crippen LogP contribution is -2.43. The van der Waals surface area contributed by atoms with Crippen LogP contribution in [0.15, 0.2) is 18.2 Å². The van der Waals surface area contributed by atoms with Gasteiger partial charge in [0, 0.05) is 24.0 Å². The van der Waals surface area contributed by atoms with Crippen molar-refractivity contribution in [3.05, 3.63) is 28.8 Å². The molecule has 0 saturated carbocycles. The average molecular weight is 288 g/mol. The highest BCUT2D eigenvalue weighted by Gasteiger charge is 2.27. The molecule has 1 aliphatic rings. The molecule has 0 aliphatic carbocycles. The second-order valence-electron chi connectivity index (χ2n) is 4.70. The van der Waals surface area contributed by atoms with Crippen LogP contribution in [0.3, 0.4) is 0 Å². The molecule has 5 heteroatoms. The summed E-state index contributed by atoms with van der Waals surface area (Å²) in [6.45, 7) is 3.36. The summed E-state index contributed by atoms with van der Waals surface area (Å²) >= 11 is 11.9. The third-order valence-electron chi connectivity index (χ3n) is 3.28. The molecule has 0 aromatic heterocycles. The molecule has 1 aromatic rings. The van der Waals surface area contributed by atoms with Crippen LogP contribution in [0.4, 0.5) is 0 Å². The van der Waals surface area contributed by atoms with E-state index in [9.17, 15) is 9.90 Å². The van der Waals surface area contributed by atoms with Crippen LogP contribution in [0.25, 0.3) is 0 Å². The van der Waals surface area contributed by atoms with Gasteiger partial charge in [-0.05, 0) is 30.5 Å². The van der Waals surface area contributed by atoms with Crippen LogP contribution in [-0.4, -0.2) is 34.4 Å². The van der Waals surface area contributed by atoms with Gasteiger partial charge in [0.25, 0.3) is 5.91 Å². The number of rotatable bonds is 1. The van der Waals surface area contributed by atoms with Crippen LogP contribution in [0, 0.1) is 5.92 Å². The first-order chi connectivity index (χ1) is 8.49. The van der Waals surface area contributed by atoms with Crippen molar-refractivity contribution < 1.29 is 9.90 Å². The molecule has 0 spiro atoms. The molecule has 0 radical (unpaired) electrons. The molecule has 1 amide bonds. The number of carbonyl (C=O) groups is 1. The zero-order valence-corrected chi connectivity index (χ0v) is 11.6. The second kappa shape index (κ2) is 5.37. The monoisotopic (exact) mass is 287 g/mol. The number of carbonyl (C=O) groups excluding carboxylic acids is 1. The normalized spacial score (nSPS) is 24.1. The fourth-order valence-corrected chi connectivity index (χ4v) is 2.48. The van der Waals surface area contributed by atoms with Crippen molar-refractivity contribution in [2.75, 3.05) is 13.1 Å². The van der Waals surface area contributed by atoms with E-state index < -0.39 is 0 Å². The van der Waals surface area contributed by atoms with Gasteiger partial charge in [0.2, 0.25) is 0 Å². The maximum atomic E-state index is 12.3. The highest BCUT2D eigenvalue weighted by atomic mass is 35.5. The van der Waals surface area contributed by atoms with Crippen molar-refractivity contribution in [1.82, 2.24) is 4.90 Å². The molecular weight excluding hydrogens is 273 g/mol. The topological polar surface area (TPSA) is 40.5 Å². The number of amides is 1. The van der Waals surface area contributed by atoms with Crippen molar-refractivity contribution >= 4 is 29.1 Å². The number of piperidine rings is 1. The van der Waals surface area contributed by atoms with Crippen molar-refractivity contribution in [2.24, 2.45) is 5.92 Å². The Bertz CT molecular complexity index is 464. The minimum absolute atomic E-state index is 0.0129. The minimum atomic E-state index is -0.0627. The number of phenols is 1. The first-order valence-corrected chi connectivity index (χ1v) is 6.72. The first kappa shape index (κ1) is 13.5. The maximum absolute atomic E-state index is 12.3. The number of hydrogen-bond donors (Lipinski definition) is 1. The Labute approximate surface area is 116 Å². The molecule has 1 aromatic carbocycles. The Morgan fingerprint density at radius 1 is 1.50 bits per heavy atom. The van der Waals surface area contributed by atoms with E-state index in [1.54, 1.807) is 11.0 Å². The number of nitrogens with zero attached hydrogens (tertiary/aromatic N) is 1. The van der Waals surface area contributed by atoms with Crippen LogP contribution in [0.2, 0.25) is 5.02 Å². The molecule has 1 heterocycles. The molecule has 1 saturated heterocycles. The number of aromatic hydroxyl groups is 1. The predicted octanol–water partition coefficient (Wildman–Crippen LogP) is 3.14. The van der Waals surface area contributed by atoms with Gasteiger partial charge in [-0.1, -0.05) is 18.5 Å². The number of hydrogen-bond acceptors (Lipinski definition) is 2. The lowest BCUT2D eigenvalue weighted by atomic mass is 9.99. The number of halogens is 2. The molecule has 1 fully saturated rings. The molecule has 1 N–H and O–H groups in total. The van der Waals surface area contributed by atoms with Gasteiger partial charge in [-0.25, -0.2) is 0 Å². The van der Waals surface area contributed by atoms with Crippen LogP contribution in [0.5, 0.6) is 5.75 Å². The summed E-state index contributed by atoms with van der Waals surface area (Å²) in [6.07, 6.45) is 0.806. The van der Waals surface area contributed by atoms with E-state index in [0.29, 0.717) is 18.7 Å². The van der Waals surface area contributed by atoms with Gasteiger partial charge in [-0.2, -0.15) is 0 Å². The summed E-state index contributed by atoms with van der Waals surface area (Å²) in [4.78, 5) is 14.0. The zero-order valence-electron chi connectivity index (χ0n) is 10.1. The summed E-state index contributed by atoms with van der Waals surface area (Å²) in [7, 11) is 0. The molecule has 3 nitrogen and oxygen atoms in total. The molecule has 0 bridgehead atoms. The zero-order chi connectivity index (χ0) is 13.3. The highest BCUT2D eigenvalue weighted by Crippen LogP contribution is 2.26. The van der Waals surface area contributed by atoms with Gasteiger partial charge in [0.15, 0.2) is 0 Å². The van der Waals surface area contributed by atoms with Crippen molar-refractivity contribution in [1.29, 1.82) is 0 Å². The van der Waals surface area contributed by atoms with E-state index in [-0.39, 0.29) is 28.0 Å². The molecule has 2 atom stereocenters. The van der Waals surface area contributed by atoms with Gasteiger partial charge >= 0.3 is 0 Å². The Morgan fingerprint density at radius 3 is 2.83 bits per heavy atom. The van der Waals surface area contributed by atoms with E-state index in [4.69, 9.17) is 23.2 Å². The lowest BCUT2D eigenvalue weighted by molar-refractivity contribution is 0.0687. The van der Waals surface area contributed by atoms with E-state index in [1.165, 1.54) is 12.1 Å². The van der Waals surface area contributed by atoms with E-state index >= 15 is 0 Å². The molecule has 2 rings (SSSR count). The minimum Gasteiger partial charge on any atom is -0.506 e. The number of benzene rings is 1. The summed E-state index contributed by atoms with van der Waals surface area (Å²) < 4.78 is 0. The third-order valence-corrected chi connectivity index (χ3v) is 4.23. The second-order valence-corrected chi connectivity index (χ2v) is 5.67. The third kappa shape index (κ3) is 2.73. The SMILES string of the molecule is CC1CN(C(=O)c2ccc(O)c(Cl)c2)CCC1Cl. The number of likely N-dealkylation sites (tertiary alicyclic amines) is 1. The van der Waals surface area contributed by atoms with Crippen LogP contribution < -0.4 is 0 Å². The Balaban J connectivity index is 2.14. The van der Waals surface area contributed by atoms with Crippen molar-refractivity contribution in [2.45, 2.75) is 18.7 Å². The molecule has 2 unspecified atom stereocenters. The lowest BCUT2D eigenvalue weighted by Gasteiger charge is -2.34. The fourth-order valence-electron chi connectivity index (χ4n) is 2.12. The molecular formula is C13H15Cl2NO2. The number of alkyl halides is 1. The largest absolute Gasteiger partial charge is 0.506 e. The number of phenolic OH excluding ortho intramolecular Hbond substituents is 1. The van der Waals surface area contributed by atoms with E-state index in [0.717, 1.165) is 6.42 Å². The Hall–Kier alpha value is -0.930. The van der Waals surface area contributed by atoms with E-state index in [2.05, 4.69) is 0 Å². The van der Waals surface area contributed by atoms with Crippen LogP contribution in [-0.2, 0) is 0 Å². The van der Waals surface area contributed by atoms with Crippen molar-refractivity contribution in [3.63, 3.8) is 0 Å². The smallest absolute Gasteiger partial charge is 0.253 e. The Morgan fingerprint density at radius 2 is 2.22 bits per heavy atom. The Kier molecular flexibility index (Phi) is 4.03. The quantitative estimate of drug-likeness (QED) is 0.806. The molecule has 18 heavy (non-hydrogen) atoms. The summed E-state index contributed by atoms with van der Waals surface area (Å²) in [5.41, 5.74) is 0.498. The highest BCUT2D eigenvalue weighted by molar-refractivity contribution is 6.32.